The number of imidazole rings is 1. The Bertz CT molecular complexity index is 754. The lowest BCUT2D eigenvalue weighted by molar-refractivity contribution is 0.640. The SMILES string of the molecule is CCn1nc(C)c2nc(CCl)n(Cc3scnc3C)c21. The van der Waals surface area contributed by atoms with Gasteiger partial charge in [-0.15, -0.1) is 22.9 Å². The van der Waals surface area contributed by atoms with Crippen LogP contribution in [0, 0.1) is 13.8 Å². The molecule has 3 aromatic heterocycles. The van der Waals surface area contributed by atoms with Crippen molar-refractivity contribution >= 4 is 34.1 Å². The Balaban J connectivity index is 2.19. The number of hydrogen-bond acceptors (Lipinski definition) is 4. The van der Waals surface area contributed by atoms with E-state index in [-0.39, 0.29) is 0 Å². The van der Waals surface area contributed by atoms with Crippen LogP contribution < -0.4 is 0 Å². The van der Waals surface area contributed by atoms with Crippen molar-refractivity contribution in [3.8, 4) is 0 Å². The predicted molar refractivity (Wildman–Crippen MR) is 81.4 cm³/mol. The van der Waals surface area contributed by atoms with Crippen molar-refractivity contribution in [3.63, 3.8) is 0 Å². The fraction of sp³-hybridized carbons (Fsp3) is 0.462. The van der Waals surface area contributed by atoms with E-state index in [1.165, 1.54) is 4.88 Å². The molecule has 0 bridgehead atoms. The number of alkyl halides is 1. The Hall–Kier alpha value is -1.40. The molecule has 0 amide bonds. The van der Waals surface area contributed by atoms with E-state index in [1.54, 1.807) is 11.3 Å². The van der Waals surface area contributed by atoms with Crippen LogP contribution in [-0.4, -0.2) is 24.3 Å². The average molecular weight is 310 g/mol. The highest BCUT2D eigenvalue weighted by Gasteiger charge is 2.18. The van der Waals surface area contributed by atoms with Crippen LogP contribution in [0.25, 0.3) is 11.2 Å². The number of aryl methyl sites for hydroxylation is 3. The number of aromatic nitrogens is 5. The second kappa shape index (κ2) is 5.18. The van der Waals surface area contributed by atoms with Crippen LogP contribution in [0.15, 0.2) is 5.51 Å². The highest BCUT2D eigenvalue weighted by Crippen LogP contribution is 2.24. The summed E-state index contributed by atoms with van der Waals surface area (Å²) in [5.41, 5.74) is 5.89. The molecule has 0 unspecified atom stereocenters. The molecule has 0 aromatic carbocycles. The molecule has 3 aromatic rings. The first-order valence-corrected chi connectivity index (χ1v) is 7.94. The van der Waals surface area contributed by atoms with E-state index < -0.39 is 0 Å². The van der Waals surface area contributed by atoms with Gasteiger partial charge in [-0.1, -0.05) is 0 Å². The molecule has 0 aliphatic carbocycles. The Labute approximate surface area is 126 Å². The quantitative estimate of drug-likeness (QED) is 0.696. The summed E-state index contributed by atoms with van der Waals surface area (Å²) in [5.74, 6) is 1.28. The number of hydrogen-bond donors (Lipinski definition) is 0. The highest BCUT2D eigenvalue weighted by molar-refractivity contribution is 7.09. The van der Waals surface area contributed by atoms with Gasteiger partial charge in [-0.25, -0.2) is 14.6 Å². The van der Waals surface area contributed by atoms with Crippen LogP contribution in [0.4, 0.5) is 0 Å². The van der Waals surface area contributed by atoms with Crippen molar-refractivity contribution in [2.45, 2.75) is 39.7 Å². The summed E-state index contributed by atoms with van der Waals surface area (Å²) in [6.45, 7) is 7.67. The maximum absolute atomic E-state index is 6.06. The normalized spacial score (nSPS) is 11.6. The van der Waals surface area contributed by atoms with Crippen molar-refractivity contribution in [2.75, 3.05) is 0 Å². The van der Waals surface area contributed by atoms with E-state index in [9.17, 15) is 0 Å². The molecule has 0 saturated heterocycles. The third-order valence-corrected chi connectivity index (χ3v) is 4.60. The number of rotatable bonds is 4. The van der Waals surface area contributed by atoms with Crippen LogP contribution in [0.2, 0.25) is 0 Å². The van der Waals surface area contributed by atoms with Gasteiger partial charge in [-0.2, -0.15) is 5.10 Å². The fourth-order valence-corrected chi connectivity index (χ4v) is 3.35. The maximum Gasteiger partial charge on any atom is 0.159 e. The molecule has 0 atom stereocenters. The van der Waals surface area contributed by atoms with E-state index >= 15 is 0 Å². The maximum atomic E-state index is 6.06. The molecule has 20 heavy (non-hydrogen) atoms. The van der Waals surface area contributed by atoms with Crippen molar-refractivity contribution in [1.82, 2.24) is 24.3 Å². The number of halogens is 1. The lowest BCUT2D eigenvalue weighted by Gasteiger charge is -2.08. The Morgan fingerprint density at radius 1 is 1.30 bits per heavy atom. The summed E-state index contributed by atoms with van der Waals surface area (Å²) in [5, 5.41) is 4.53. The summed E-state index contributed by atoms with van der Waals surface area (Å²) in [6, 6.07) is 0. The summed E-state index contributed by atoms with van der Waals surface area (Å²) in [4.78, 5) is 10.2. The van der Waals surface area contributed by atoms with Gasteiger partial charge in [0.25, 0.3) is 0 Å². The molecule has 106 valence electrons. The zero-order chi connectivity index (χ0) is 14.3. The molecule has 0 aliphatic rings. The smallest absolute Gasteiger partial charge is 0.159 e. The number of thiazole rings is 1. The van der Waals surface area contributed by atoms with Gasteiger partial charge in [0.1, 0.15) is 11.3 Å². The first-order chi connectivity index (χ1) is 9.65. The Morgan fingerprint density at radius 2 is 2.10 bits per heavy atom. The molecule has 0 N–H and O–H groups in total. The van der Waals surface area contributed by atoms with Gasteiger partial charge in [-0.05, 0) is 20.8 Å². The van der Waals surface area contributed by atoms with Crippen molar-refractivity contribution in [2.24, 2.45) is 0 Å². The standard InChI is InChI=1S/C13H16ClN5S/c1-4-19-13-12(9(3)17-19)16-11(5-14)18(13)6-10-8(2)15-7-20-10/h7H,4-6H2,1-3H3. The van der Waals surface area contributed by atoms with Gasteiger partial charge in [0.15, 0.2) is 5.65 Å². The monoisotopic (exact) mass is 309 g/mol. The molecule has 0 aliphatic heterocycles. The molecule has 0 radical (unpaired) electrons. The second-order valence-electron chi connectivity index (χ2n) is 4.68. The predicted octanol–water partition coefficient (Wildman–Crippen LogP) is 3.11. The summed E-state index contributed by atoms with van der Waals surface area (Å²) < 4.78 is 4.15. The van der Waals surface area contributed by atoms with Gasteiger partial charge in [0.05, 0.1) is 29.3 Å². The average Bonchev–Trinajstić information content (AvgIpc) is 3.08. The molecule has 0 fully saturated rings. The third-order valence-electron chi connectivity index (χ3n) is 3.44. The number of nitrogens with zero attached hydrogens (tertiary/aromatic N) is 5. The molecular weight excluding hydrogens is 294 g/mol. The van der Waals surface area contributed by atoms with Crippen molar-refractivity contribution < 1.29 is 0 Å². The van der Waals surface area contributed by atoms with Crippen LogP contribution in [0.5, 0.6) is 0 Å². The van der Waals surface area contributed by atoms with Gasteiger partial charge in [0, 0.05) is 11.4 Å². The lowest BCUT2D eigenvalue weighted by Crippen LogP contribution is -2.09. The summed E-state index contributed by atoms with van der Waals surface area (Å²) in [7, 11) is 0. The first-order valence-electron chi connectivity index (χ1n) is 6.53. The van der Waals surface area contributed by atoms with E-state index in [0.29, 0.717) is 5.88 Å². The zero-order valence-electron chi connectivity index (χ0n) is 11.7. The minimum absolute atomic E-state index is 0.398. The van der Waals surface area contributed by atoms with Crippen molar-refractivity contribution in [1.29, 1.82) is 0 Å². The van der Waals surface area contributed by atoms with E-state index in [2.05, 4.69) is 26.6 Å². The molecule has 0 spiro atoms. The summed E-state index contributed by atoms with van der Waals surface area (Å²) >= 11 is 7.73. The van der Waals surface area contributed by atoms with Gasteiger partial charge < -0.3 is 4.57 Å². The third kappa shape index (κ3) is 2.03. The summed E-state index contributed by atoms with van der Waals surface area (Å²) in [6.07, 6.45) is 0. The van der Waals surface area contributed by atoms with E-state index in [0.717, 1.165) is 41.5 Å². The number of fused-ring (bicyclic) bond motifs is 1. The Kier molecular flexibility index (Phi) is 3.52. The largest absolute Gasteiger partial charge is 0.306 e. The fourth-order valence-electron chi connectivity index (χ4n) is 2.38. The van der Waals surface area contributed by atoms with Crippen LogP contribution in [0.1, 0.15) is 29.0 Å². The molecule has 0 saturated carbocycles. The Morgan fingerprint density at radius 3 is 2.70 bits per heavy atom. The topological polar surface area (TPSA) is 48.5 Å². The molecule has 5 nitrogen and oxygen atoms in total. The molecule has 3 heterocycles. The minimum atomic E-state index is 0.398. The lowest BCUT2D eigenvalue weighted by atomic mass is 10.4. The molecular formula is C13H16ClN5S. The van der Waals surface area contributed by atoms with Crippen LogP contribution >= 0.6 is 22.9 Å². The minimum Gasteiger partial charge on any atom is -0.306 e. The van der Waals surface area contributed by atoms with E-state index in [4.69, 9.17) is 11.6 Å². The van der Waals surface area contributed by atoms with Gasteiger partial charge in [0.2, 0.25) is 0 Å². The van der Waals surface area contributed by atoms with Crippen LogP contribution in [0.3, 0.4) is 0 Å². The van der Waals surface area contributed by atoms with Crippen LogP contribution in [-0.2, 0) is 19.0 Å². The molecule has 7 heteroatoms. The second-order valence-corrected chi connectivity index (χ2v) is 5.89. The zero-order valence-corrected chi connectivity index (χ0v) is 13.3. The van der Waals surface area contributed by atoms with Crippen molar-refractivity contribution in [3.05, 3.63) is 27.6 Å². The highest BCUT2D eigenvalue weighted by atomic mass is 35.5. The van der Waals surface area contributed by atoms with Gasteiger partial charge in [-0.3, -0.25) is 0 Å². The van der Waals surface area contributed by atoms with E-state index in [1.807, 2.05) is 24.0 Å². The van der Waals surface area contributed by atoms with Gasteiger partial charge >= 0.3 is 0 Å². The molecule has 3 rings (SSSR count). The first kappa shape index (κ1) is 13.6.